The van der Waals surface area contributed by atoms with Crippen molar-refractivity contribution in [3.05, 3.63) is 35.4 Å². The minimum atomic E-state index is 0.761. The first kappa shape index (κ1) is 15.2. The Morgan fingerprint density at radius 3 is 1.67 bits per heavy atom. The van der Waals surface area contributed by atoms with Crippen molar-refractivity contribution in [2.45, 2.75) is 40.5 Å². The van der Waals surface area contributed by atoms with Gasteiger partial charge in [-0.05, 0) is 42.9 Å². The van der Waals surface area contributed by atoms with Crippen LogP contribution in [0.5, 0.6) is 0 Å². The molecule has 2 unspecified atom stereocenters. The highest BCUT2D eigenvalue weighted by Gasteiger charge is 2.16. The van der Waals surface area contributed by atoms with Gasteiger partial charge in [0.15, 0.2) is 0 Å². The van der Waals surface area contributed by atoms with Crippen molar-refractivity contribution in [2.75, 3.05) is 20.1 Å². The third kappa shape index (κ3) is 4.45. The molecule has 0 bridgehead atoms. The third-order valence-electron chi connectivity index (χ3n) is 3.50. The predicted molar refractivity (Wildman–Crippen MR) is 81.0 cm³/mol. The minimum Gasteiger partial charge on any atom is -0.306 e. The number of hydrogen-bond acceptors (Lipinski definition) is 1. The number of fused-ring (bicyclic) bond motifs is 1. The zero-order valence-electron chi connectivity index (χ0n) is 12.7. The lowest BCUT2D eigenvalue weighted by atomic mass is 9.93. The maximum Gasteiger partial charge on any atom is 0.000726 e. The number of nitrogens with zero attached hydrogens (tertiary/aromatic N) is 1. The van der Waals surface area contributed by atoms with E-state index >= 15 is 0 Å². The van der Waals surface area contributed by atoms with Gasteiger partial charge in [0.05, 0.1) is 0 Å². The van der Waals surface area contributed by atoms with Crippen LogP contribution >= 0.6 is 0 Å². The van der Waals surface area contributed by atoms with E-state index in [2.05, 4.69) is 50.1 Å². The first-order valence-corrected chi connectivity index (χ1v) is 7.40. The van der Waals surface area contributed by atoms with E-state index in [-0.39, 0.29) is 0 Å². The molecule has 0 N–H and O–H groups in total. The molecule has 0 spiro atoms. The summed E-state index contributed by atoms with van der Waals surface area (Å²) in [5.74, 6) is 1.52. The Labute approximate surface area is 113 Å². The Hall–Kier alpha value is -0.820. The van der Waals surface area contributed by atoms with E-state index in [4.69, 9.17) is 0 Å². The molecule has 1 nitrogen and oxygen atoms in total. The molecule has 1 heteroatoms. The van der Waals surface area contributed by atoms with Gasteiger partial charge in [0.2, 0.25) is 0 Å². The lowest BCUT2D eigenvalue weighted by molar-refractivity contribution is 0.254. The van der Waals surface area contributed by atoms with E-state index in [0.717, 1.165) is 11.8 Å². The first-order valence-electron chi connectivity index (χ1n) is 7.40. The molecule has 0 aromatic heterocycles. The quantitative estimate of drug-likeness (QED) is 0.669. The van der Waals surface area contributed by atoms with Gasteiger partial charge in [-0.2, -0.15) is 0 Å². The van der Waals surface area contributed by atoms with Crippen molar-refractivity contribution in [3.63, 3.8) is 0 Å². The molecule has 102 valence electrons. The second-order valence-electron chi connectivity index (χ2n) is 5.61. The van der Waals surface area contributed by atoms with Gasteiger partial charge in [-0.15, -0.1) is 0 Å². The molecule has 1 aliphatic heterocycles. The predicted octanol–water partition coefficient (Wildman–Crippen LogP) is 4.02. The highest BCUT2D eigenvalue weighted by Crippen LogP contribution is 2.20. The summed E-state index contributed by atoms with van der Waals surface area (Å²) in [7, 11) is 2.25. The Morgan fingerprint density at radius 2 is 1.28 bits per heavy atom. The van der Waals surface area contributed by atoms with Crippen LogP contribution in [0.25, 0.3) is 0 Å². The van der Waals surface area contributed by atoms with Crippen molar-refractivity contribution in [2.24, 2.45) is 11.8 Å². The number of rotatable bonds is 0. The Balaban J connectivity index is 0.000000771. The van der Waals surface area contributed by atoms with E-state index in [1.165, 1.54) is 25.9 Å². The van der Waals surface area contributed by atoms with Crippen LogP contribution in [0.2, 0.25) is 0 Å². The molecule has 0 radical (unpaired) electrons. The molecular formula is C17H29N. The minimum absolute atomic E-state index is 0.761. The lowest BCUT2D eigenvalue weighted by Crippen LogP contribution is -2.29. The summed E-state index contributed by atoms with van der Waals surface area (Å²) in [6.45, 7) is 11.2. The molecule has 2 atom stereocenters. The summed E-state index contributed by atoms with van der Waals surface area (Å²) in [4.78, 5) is 2.49. The number of benzene rings is 1. The molecule has 0 amide bonds. The molecule has 0 saturated carbocycles. The highest BCUT2D eigenvalue weighted by molar-refractivity contribution is 5.28. The van der Waals surface area contributed by atoms with Crippen molar-refractivity contribution >= 4 is 0 Å². The van der Waals surface area contributed by atoms with E-state index in [1.807, 2.05) is 13.8 Å². The zero-order chi connectivity index (χ0) is 13.5. The van der Waals surface area contributed by atoms with Gasteiger partial charge < -0.3 is 4.90 Å². The van der Waals surface area contributed by atoms with Gasteiger partial charge in [-0.25, -0.2) is 0 Å². The number of hydrogen-bond donors (Lipinski definition) is 0. The van der Waals surface area contributed by atoms with Gasteiger partial charge in [0.1, 0.15) is 0 Å². The van der Waals surface area contributed by atoms with Crippen LogP contribution in [0, 0.1) is 11.8 Å². The summed E-state index contributed by atoms with van der Waals surface area (Å²) in [6.07, 6.45) is 2.46. The van der Waals surface area contributed by atoms with E-state index in [1.54, 1.807) is 11.1 Å². The van der Waals surface area contributed by atoms with Gasteiger partial charge >= 0.3 is 0 Å². The van der Waals surface area contributed by atoms with Crippen molar-refractivity contribution in [1.82, 2.24) is 4.90 Å². The topological polar surface area (TPSA) is 3.24 Å². The van der Waals surface area contributed by atoms with Gasteiger partial charge in [-0.3, -0.25) is 0 Å². The molecule has 0 aliphatic carbocycles. The van der Waals surface area contributed by atoms with Crippen LogP contribution in [0.15, 0.2) is 24.3 Å². The SMILES string of the molecule is CC.CC1Cc2ccccc2CC(C)CN(C)C1. The summed E-state index contributed by atoms with van der Waals surface area (Å²) < 4.78 is 0. The fourth-order valence-corrected chi connectivity index (χ4v) is 2.97. The third-order valence-corrected chi connectivity index (χ3v) is 3.50. The molecule has 0 fully saturated rings. The zero-order valence-corrected chi connectivity index (χ0v) is 12.7. The van der Waals surface area contributed by atoms with Crippen molar-refractivity contribution < 1.29 is 0 Å². The Kier molecular flexibility index (Phi) is 6.42. The van der Waals surface area contributed by atoms with Gasteiger partial charge in [-0.1, -0.05) is 52.0 Å². The van der Waals surface area contributed by atoms with Crippen LogP contribution in [-0.2, 0) is 12.8 Å². The van der Waals surface area contributed by atoms with Gasteiger partial charge in [0, 0.05) is 13.1 Å². The van der Waals surface area contributed by atoms with E-state index in [9.17, 15) is 0 Å². The second-order valence-corrected chi connectivity index (χ2v) is 5.61. The first-order chi connectivity index (χ1) is 8.65. The van der Waals surface area contributed by atoms with E-state index in [0.29, 0.717) is 0 Å². The molecule has 1 aromatic rings. The summed E-state index contributed by atoms with van der Waals surface area (Å²) in [5.41, 5.74) is 3.13. The average molecular weight is 247 g/mol. The fraction of sp³-hybridized carbons (Fsp3) is 0.647. The molecule has 1 aliphatic rings. The lowest BCUT2D eigenvalue weighted by Gasteiger charge is -2.22. The monoisotopic (exact) mass is 247 g/mol. The fourth-order valence-electron chi connectivity index (χ4n) is 2.97. The Morgan fingerprint density at radius 1 is 0.889 bits per heavy atom. The van der Waals surface area contributed by atoms with Crippen molar-refractivity contribution in [3.8, 4) is 0 Å². The van der Waals surface area contributed by atoms with Crippen LogP contribution in [0.4, 0.5) is 0 Å². The average Bonchev–Trinajstić information content (AvgIpc) is 2.37. The standard InChI is InChI=1S/C15H23N.C2H6/c1-12-8-14-6-4-5-7-15(14)9-13(2)11-16(3)10-12;1-2/h4-7,12-13H,8-11H2,1-3H3;1-2H3. The molecular weight excluding hydrogens is 218 g/mol. The summed E-state index contributed by atoms with van der Waals surface area (Å²) >= 11 is 0. The van der Waals surface area contributed by atoms with Crippen LogP contribution in [0.1, 0.15) is 38.8 Å². The smallest absolute Gasteiger partial charge is 0.000726 e. The van der Waals surface area contributed by atoms with Crippen LogP contribution < -0.4 is 0 Å². The van der Waals surface area contributed by atoms with E-state index < -0.39 is 0 Å². The molecule has 1 heterocycles. The Bertz CT molecular complexity index is 312. The summed E-state index contributed by atoms with van der Waals surface area (Å²) in [6, 6.07) is 8.98. The maximum absolute atomic E-state index is 2.49. The van der Waals surface area contributed by atoms with Crippen molar-refractivity contribution in [1.29, 1.82) is 0 Å². The van der Waals surface area contributed by atoms with Gasteiger partial charge in [0.25, 0.3) is 0 Å². The molecule has 18 heavy (non-hydrogen) atoms. The molecule has 2 rings (SSSR count). The molecule has 0 saturated heterocycles. The molecule has 1 aromatic carbocycles. The largest absolute Gasteiger partial charge is 0.306 e. The van der Waals surface area contributed by atoms with Crippen LogP contribution in [-0.4, -0.2) is 25.0 Å². The van der Waals surface area contributed by atoms with Crippen LogP contribution in [0.3, 0.4) is 0 Å². The second kappa shape index (κ2) is 7.58. The maximum atomic E-state index is 2.49. The normalized spacial score (nSPS) is 24.9. The summed E-state index contributed by atoms with van der Waals surface area (Å²) in [5, 5.41) is 0. The highest BCUT2D eigenvalue weighted by atomic mass is 15.1.